The summed E-state index contributed by atoms with van der Waals surface area (Å²) in [5, 5.41) is 15.5. The Hall–Kier alpha value is -2.11. The fourth-order valence-corrected chi connectivity index (χ4v) is 6.54. The quantitative estimate of drug-likeness (QED) is 0.392. The predicted octanol–water partition coefficient (Wildman–Crippen LogP) is 5.50. The molecule has 4 rings (SSSR count). The molecule has 3 aromatic carbocycles. The Morgan fingerprint density at radius 1 is 0.788 bits per heavy atom. The lowest BCUT2D eigenvalue weighted by atomic mass is 9.84. The van der Waals surface area contributed by atoms with Gasteiger partial charge in [-0.15, -0.1) is 11.8 Å². The molecule has 0 bridgehead atoms. The van der Waals surface area contributed by atoms with Gasteiger partial charge in [0.05, 0.1) is 4.75 Å². The van der Waals surface area contributed by atoms with Gasteiger partial charge in [-0.25, -0.2) is 0 Å². The minimum Gasteiger partial charge on any atom is -0.375 e. The zero-order chi connectivity index (χ0) is 23.0. The third-order valence-corrected chi connectivity index (χ3v) is 8.44. The van der Waals surface area contributed by atoms with Crippen molar-refractivity contribution in [3.05, 3.63) is 108 Å². The summed E-state index contributed by atoms with van der Waals surface area (Å²) in [6.07, 6.45) is 2.90. The Morgan fingerprint density at radius 2 is 1.24 bits per heavy atom. The molecule has 33 heavy (non-hydrogen) atoms. The molecule has 1 heterocycles. The van der Waals surface area contributed by atoms with Crippen molar-refractivity contribution in [2.45, 2.75) is 36.7 Å². The fourth-order valence-electron chi connectivity index (χ4n) is 4.85. The highest BCUT2D eigenvalue weighted by molar-refractivity contribution is 8.00. The second-order valence-corrected chi connectivity index (χ2v) is 10.1. The second kappa shape index (κ2) is 11.3. The number of hydrogen-bond acceptors (Lipinski definition) is 4. The van der Waals surface area contributed by atoms with Gasteiger partial charge in [-0.1, -0.05) is 104 Å². The highest BCUT2D eigenvalue weighted by atomic mass is 32.2. The van der Waals surface area contributed by atoms with Gasteiger partial charge in [-0.2, -0.15) is 0 Å². The molecular formula is C29H36N2OS. The molecule has 0 amide bonds. The fraction of sp³-hybridized carbons (Fsp3) is 0.379. The van der Waals surface area contributed by atoms with Crippen LogP contribution < -0.4 is 5.32 Å². The zero-order valence-corrected chi connectivity index (χ0v) is 20.4. The first-order valence-electron chi connectivity index (χ1n) is 12.2. The van der Waals surface area contributed by atoms with Gasteiger partial charge in [-0.05, 0) is 29.5 Å². The van der Waals surface area contributed by atoms with Crippen LogP contribution in [0.5, 0.6) is 0 Å². The van der Waals surface area contributed by atoms with E-state index in [0.717, 1.165) is 45.4 Å². The number of rotatable bonds is 10. The first kappa shape index (κ1) is 24.0. The summed E-state index contributed by atoms with van der Waals surface area (Å²) < 4.78 is -0.405. The van der Waals surface area contributed by atoms with Gasteiger partial charge in [0.15, 0.2) is 0 Å². The summed E-state index contributed by atoms with van der Waals surface area (Å²) >= 11 is 1.87. The van der Waals surface area contributed by atoms with Gasteiger partial charge in [0.1, 0.15) is 5.72 Å². The van der Waals surface area contributed by atoms with E-state index < -0.39 is 10.5 Å². The molecule has 2 N–H and O–H groups in total. The van der Waals surface area contributed by atoms with E-state index in [1.165, 1.54) is 16.7 Å². The number of hydrogen-bond donors (Lipinski definition) is 2. The SMILES string of the molecule is CCCCC(O)(CSC(c1ccccc1)(c1ccccc1)c1ccccc1)N1CCNCC1. The number of thioether (sulfide) groups is 1. The van der Waals surface area contributed by atoms with Gasteiger partial charge in [0.2, 0.25) is 0 Å². The normalized spacial score (nSPS) is 16.9. The summed E-state index contributed by atoms with van der Waals surface area (Å²) in [7, 11) is 0. The highest BCUT2D eigenvalue weighted by Crippen LogP contribution is 2.49. The Morgan fingerprint density at radius 3 is 1.67 bits per heavy atom. The molecule has 0 radical (unpaired) electrons. The number of unbranched alkanes of at least 4 members (excludes halogenated alkanes) is 1. The molecule has 0 aromatic heterocycles. The van der Waals surface area contributed by atoms with Crippen molar-refractivity contribution >= 4 is 11.8 Å². The van der Waals surface area contributed by atoms with Gasteiger partial charge >= 0.3 is 0 Å². The first-order chi connectivity index (χ1) is 16.2. The van der Waals surface area contributed by atoms with E-state index in [0.29, 0.717) is 5.75 Å². The monoisotopic (exact) mass is 460 g/mol. The lowest BCUT2D eigenvalue weighted by Crippen LogP contribution is -2.58. The molecule has 1 fully saturated rings. The molecule has 1 aliphatic rings. The number of benzene rings is 3. The van der Waals surface area contributed by atoms with Crippen molar-refractivity contribution in [2.75, 3.05) is 31.9 Å². The maximum atomic E-state index is 12.0. The number of nitrogens with one attached hydrogen (secondary N) is 1. The third-order valence-electron chi connectivity index (χ3n) is 6.70. The van der Waals surface area contributed by atoms with E-state index in [9.17, 15) is 5.11 Å². The molecule has 0 aliphatic carbocycles. The van der Waals surface area contributed by atoms with Crippen LogP contribution in [0.15, 0.2) is 91.0 Å². The van der Waals surface area contributed by atoms with E-state index in [-0.39, 0.29) is 0 Å². The smallest absolute Gasteiger partial charge is 0.127 e. The summed E-state index contributed by atoms with van der Waals surface area (Å²) in [5.74, 6) is 0.645. The van der Waals surface area contributed by atoms with Crippen LogP contribution in [-0.2, 0) is 4.75 Å². The predicted molar refractivity (Wildman–Crippen MR) is 141 cm³/mol. The number of piperazine rings is 1. The maximum absolute atomic E-state index is 12.0. The minimum absolute atomic E-state index is 0.405. The molecule has 3 aromatic rings. The molecule has 1 saturated heterocycles. The molecule has 0 spiro atoms. The van der Waals surface area contributed by atoms with Crippen molar-refractivity contribution in [1.29, 1.82) is 0 Å². The average Bonchev–Trinajstić information content (AvgIpc) is 2.90. The zero-order valence-electron chi connectivity index (χ0n) is 19.6. The molecule has 1 atom stereocenters. The molecule has 3 nitrogen and oxygen atoms in total. The maximum Gasteiger partial charge on any atom is 0.127 e. The van der Waals surface area contributed by atoms with Crippen LogP contribution in [0.25, 0.3) is 0 Å². The van der Waals surface area contributed by atoms with Crippen molar-refractivity contribution < 1.29 is 5.11 Å². The standard InChI is InChI=1S/C29H36N2OS/c1-2-3-19-28(32,31-22-20-30-21-23-31)24-33-29(25-13-7-4-8-14-25,26-15-9-5-10-16-26)27-17-11-6-12-18-27/h4-18,30,32H,2-3,19-24H2,1H3. The van der Waals surface area contributed by atoms with E-state index >= 15 is 0 Å². The minimum atomic E-state index is -0.827. The molecule has 4 heteroatoms. The summed E-state index contributed by atoms with van der Waals surface area (Å²) in [6, 6.07) is 32.3. The van der Waals surface area contributed by atoms with Gasteiger partial charge in [-0.3, -0.25) is 4.90 Å². The van der Waals surface area contributed by atoms with E-state index in [2.05, 4.69) is 108 Å². The Balaban J connectivity index is 1.79. The molecule has 174 valence electrons. The number of aliphatic hydroxyl groups is 1. The van der Waals surface area contributed by atoms with Gasteiger partial charge < -0.3 is 10.4 Å². The lowest BCUT2D eigenvalue weighted by molar-refractivity contribution is -0.101. The summed E-state index contributed by atoms with van der Waals surface area (Å²) in [4.78, 5) is 2.30. The largest absolute Gasteiger partial charge is 0.375 e. The lowest BCUT2D eigenvalue weighted by Gasteiger charge is -2.45. The van der Waals surface area contributed by atoms with E-state index in [4.69, 9.17) is 0 Å². The van der Waals surface area contributed by atoms with Crippen LogP contribution in [0.3, 0.4) is 0 Å². The van der Waals surface area contributed by atoms with Crippen molar-refractivity contribution in [3.8, 4) is 0 Å². The molecule has 1 unspecified atom stereocenters. The van der Waals surface area contributed by atoms with E-state index in [1.807, 2.05) is 11.8 Å². The van der Waals surface area contributed by atoms with Crippen molar-refractivity contribution in [1.82, 2.24) is 10.2 Å². The molecule has 0 saturated carbocycles. The molecular weight excluding hydrogens is 424 g/mol. The average molecular weight is 461 g/mol. The van der Waals surface area contributed by atoms with Crippen molar-refractivity contribution in [3.63, 3.8) is 0 Å². The van der Waals surface area contributed by atoms with Crippen LogP contribution in [-0.4, -0.2) is 47.7 Å². The van der Waals surface area contributed by atoms with E-state index in [1.54, 1.807) is 0 Å². The van der Waals surface area contributed by atoms with Gasteiger partial charge in [0, 0.05) is 31.9 Å². The topological polar surface area (TPSA) is 35.5 Å². The van der Waals surface area contributed by atoms with Crippen LogP contribution in [0, 0.1) is 0 Å². The van der Waals surface area contributed by atoms with Crippen LogP contribution in [0.4, 0.5) is 0 Å². The Kier molecular flexibility index (Phi) is 8.26. The Labute approximate surface area is 203 Å². The Bertz CT molecular complexity index is 864. The first-order valence-corrected chi connectivity index (χ1v) is 13.2. The second-order valence-electron chi connectivity index (χ2n) is 8.89. The summed E-state index contributed by atoms with van der Waals surface area (Å²) in [6.45, 7) is 5.83. The van der Waals surface area contributed by atoms with Crippen LogP contribution in [0.1, 0.15) is 42.9 Å². The van der Waals surface area contributed by atoms with Crippen LogP contribution >= 0.6 is 11.8 Å². The summed E-state index contributed by atoms with van der Waals surface area (Å²) in [5.41, 5.74) is 2.90. The number of nitrogens with zero attached hydrogens (tertiary/aromatic N) is 1. The third kappa shape index (κ3) is 5.36. The highest BCUT2D eigenvalue weighted by Gasteiger charge is 2.42. The van der Waals surface area contributed by atoms with Crippen LogP contribution in [0.2, 0.25) is 0 Å². The molecule has 1 aliphatic heterocycles. The van der Waals surface area contributed by atoms with Gasteiger partial charge in [0.25, 0.3) is 0 Å². The van der Waals surface area contributed by atoms with Crippen molar-refractivity contribution in [2.24, 2.45) is 0 Å².